The van der Waals surface area contributed by atoms with Crippen LogP contribution in [0.4, 0.5) is 87.3 Å². The highest BCUT2D eigenvalue weighted by atomic mass is 28.3. The SMILES string of the molecule is CC(C)(C)[Si](C)(C)c1c(F)c(F)c([B-](c2c(F)c(F)c([Si](C)(C)C(C)(C)C)c(F)c2F)(c2c(F)c(F)c([Si](C)(C)C(C)(C)C)c(F)c2F)c2c(F)c(F)c([Si](C)(C)C(C)(C)C)c(F)c2F)c(F)c1F.c1ccc([NH+](c2ccccc2)c2ccccc2)cc1. The average molecular weight is 1310 g/mol. The number of nitrogens with one attached hydrogen (secondary N) is 1. The molecule has 7 aromatic carbocycles. The third kappa shape index (κ3) is 11.4. The Morgan fingerprint density at radius 2 is 0.375 bits per heavy atom. The highest BCUT2D eigenvalue weighted by Crippen LogP contribution is 2.42. The molecule has 7 aromatic rings. The van der Waals surface area contributed by atoms with Crippen molar-refractivity contribution in [2.24, 2.45) is 0 Å². The van der Waals surface area contributed by atoms with Crippen LogP contribution in [0, 0.1) is 93.1 Å². The Bertz CT molecular complexity index is 3220. The molecule has 22 heteroatoms. The summed E-state index contributed by atoms with van der Waals surface area (Å²) < 4.78 is 280. The second kappa shape index (κ2) is 24.2. The Morgan fingerprint density at radius 3 is 0.500 bits per heavy atom. The highest BCUT2D eigenvalue weighted by molar-refractivity contribution is 7.20. The van der Waals surface area contributed by atoms with Crippen LogP contribution in [0.5, 0.6) is 0 Å². The Hall–Kier alpha value is -5.69. The van der Waals surface area contributed by atoms with Crippen LogP contribution in [0.2, 0.25) is 72.5 Å². The van der Waals surface area contributed by atoms with E-state index in [0.29, 0.717) is 0 Å². The standard InChI is InChI=1S/C48H60BF16Si4.C18H15N/c1-45(2,3)66(13,14)41-33(58)25(50)21(26(51)34(41)59)49(22-27(52)35(60)42(36(61)28(22)53)67(15,16)46(4,5)6,23-29(54)37(62)43(38(63)30(23)55)68(17,18)47(7,8)9)24-31(56)39(64)44(40(65)32(24)57)69(19,20)48(10,11)12;1-4-10-16(11-5-1)19(17-12-6-2-7-13-17)18-14-8-3-9-15-18/h1-20H3;1-15H/q-1;/p+1. The van der Waals surface area contributed by atoms with Gasteiger partial charge in [0.05, 0.1) is 32.3 Å². The first-order chi connectivity index (χ1) is 40.0. The van der Waals surface area contributed by atoms with Crippen LogP contribution in [0.15, 0.2) is 91.0 Å². The molecule has 0 amide bonds. The molecule has 0 aromatic heterocycles. The number of quaternary nitrogens is 1. The van der Waals surface area contributed by atoms with Crippen molar-refractivity contribution in [2.75, 3.05) is 0 Å². The summed E-state index contributed by atoms with van der Waals surface area (Å²) in [6.45, 7) is 26.1. The van der Waals surface area contributed by atoms with Gasteiger partial charge in [0.25, 0.3) is 0 Å². The number of hydrogen-bond donors (Lipinski definition) is 1. The van der Waals surface area contributed by atoms with Gasteiger partial charge in [-0.05, 0) is 56.6 Å². The number of halogens is 16. The number of hydrogen-bond acceptors (Lipinski definition) is 0. The fourth-order valence-corrected chi connectivity index (χ4v) is 19.3. The topological polar surface area (TPSA) is 4.44 Å². The Morgan fingerprint density at radius 1 is 0.239 bits per heavy atom. The quantitative estimate of drug-likeness (QED) is 0.0748. The van der Waals surface area contributed by atoms with E-state index in [1.807, 2.05) is 0 Å². The molecule has 0 spiro atoms. The first-order valence-electron chi connectivity index (χ1n) is 28.7. The van der Waals surface area contributed by atoms with Gasteiger partial charge in [-0.3, -0.25) is 0 Å². The van der Waals surface area contributed by atoms with Crippen LogP contribution >= 0.6 is 0 Å². The number of rotatable bonds is 11. The smallest absolute Gasteiger partial charge is 0.157 e. The van der Waals surface area contributed by atoms with Gasteiger partial charge in [0.2, 0.25) is 0 Å². The van der Waals surface area contributed by atoms with Gasteiger partial charge in [0, 0.05) is 20.7 Å². The minimum atomic E-state index is -6.78. The van der Waals surface area contributed by atoms with E-state index in [1.54, 1.807) is 0 Å². The fourth-order valence-electron chi connectivity index (χ4n) is 11.0. The summed E-state index contributed by atoms with van der Waals surface area (Å²) in [6, 6.07) is 31.6. The van der Waals surface area contributed by atoms with E-state index in [1.165, 1.54) is 157 Å². The summed E-state index contributed by atoms with van der Waals surface area (Å²) in [6.07, 6.45) is -6.78. The Labute approximate surface area is 510 Å². The average Bonchev–Trinajstić information content (AvgIpc) is 0.675. The lowest BCUT2D eigenvalue weighted by atomic mass is 9.12. The van der Waals surface area contributed by atoms with Crippen LogP contribution in [-0.4, -0.2) is 38.4 Å². The largest absolute Gasteiger partial charge is 0.238 e. The summed E-state index contributed by atoms with van der Waals surface area (Å²) in [4.78, 5) is 1.28. The van der Waals surface area contributed by atoms with Crippen molar-refractivity contribution in [3.8, 4) is 0 Å². The number of benzene rings is 7. The molecule has 0 radical (unpaired) electrons. The van der Waals surface area contributed by atoms with Crippen molar-refractivity contribution in [2.45, 2.75) is 156 Å². The molecule has 0 aliphatic heterocycles. The monoisotopic (exact) mass is 1310 g/mol. The zero-order valence-corrected chi connectivity index (χ0v) is 57.3. The minimum Gasteiger partial charge on any atom is -0.238 e. The Kier molecular flexibility index (Phi) is 19.6. The van der Waals surface area contributed by atoms with E-state index >= 15 is 70.2 Å². The molecule has 7 rings (SSSR count). The molecular formula is C66H76BF16NSi4. The molecule has 1 N–H and O–H groups in total. The molecule has 0 aliphatic carbocycles. The van der Waals surface area contributed by atoms with E-state index in [-0.39, 0.29) is 0 Å². The van der Waals surface area contributed by atoms with E-state index < -0.39 is 194 Å². The van der Waals surface area contributed by atoms with Crippen molar-refractivity contribution < 1.29 is 75.1 Å². The van der Waals surface area contributed by atoms with Crippen LogP contribution in [0.3, 0.4) is 0 Å². The zero-order chi connectivity index (χ0) is 67.3. The molecule has 88 heavy (non-hydrogen) atoms. The molecule has 476 valence electrons. The first kappa shape index (κ1) is 71.4. The molecule has 0 bridgehead atoms. The fraction of sp³-hybridized carbons (Fsp3) is 0.364. The van der Waals surface area contributed by atoms with Crippen molar-refractivity contribution in [1.82, 2.24) is 0 Å². The lowest BCUT2D eigenvalue weighted by Gasteiger charge is -2.47. The predicted molar refractivity (Wildman–Crippen MR) is 336 cm³/mol. The van der Waals surface area contributed by atoms with Crippen LogP contribution in [0.25, 0.3) is 0 Å². The van der Waals surface area contributed by atoms with Gasteiger partial charge in [-0.1, -0.05) is 190 Å². The van der Waals surface area contributed by atoms with Gasteiger partial charge in [-0.25, -0.2) is 75.1 Å². The van der Waals surface area contributed by atoms with E-state index in [9.17, 15) is 0 Å². The second-order valence-electron chi connectivity index (χ2n) is 29.0. The zero-order valence-electron chi connectivity index (χ0n) is 53.3. The predicted octanol–water partition coefficient (Wildman–Crippen LogP) is 16.0. The molecule has 0 heterocycles. The number of para-hydroxylation sites is 3. The summed E-state index contributed by atoms with van der Waals surface area (Å²) in [5.41, 5.74) is -7.93. The Balaban J connectivity index is 0.000000544. The highest BCUT2D eigenvalue weighted by Gasteiger charge is 2.56. The van der Waals surface area contributed by atoms with Crippen LogP contribution in [-0.2, 0) is 0 Å². The first-order valence-corrected chi connectivity index (χ1v) is 40.7. The third-order valence-electron chi connectivity index (χ3n) is 20.1. The maximum absolute atomic E-state index is 17.8. The summed E-state index contributed by atoms with van der Waals surface area (Å²) in [7, 11) is -16.1. The van der Waals surface area contributed by atoms with Gasteiger partial charge in [0.1, 0.15) is 69.7 Å². The van der Waals surface area contributed by atoms with Crippen molar-refractivity contribution in [3.63, 3.8) is 0 Å². The maximum Gasteiger partial charge on any atom is 0.157 e. The van der Waals surface area contributed by atoms with E-state index in [4.69, 9.17) is 0 Å². The lowest BCUT2D eigenvalue weighted by Crippen LogP contribution is -2.96. The molecule has 0 unspecified atom stereocenters. The normalized spacial score (nSPS) is 13.3. The van der Waals surface area contributed by atoms with Crippen LogP contribution in [0.1, 0.15) is 83.1 Å². The summed E-state index contributed by atoms with van der Waals surface area (Å²) >= 11 is 0. The minimum absolute atomic E-state index is 1.18. The molecule has 1 nitrogen and oxygen atoms in total. The van der Waals surface area contributed by atoms with E-state index in [0.717, 1.165) is 0 Å². The molecule has 0 aliphatic rings. The maximum atomic E-state index is 17.8. The summed E-state index contributed by atoms with van der Waals surface area (Å²) in [5.74, 6) is -44.3. The second-order valence-corrected chi connectivity index (χ2v) is 50.0. The van der Waals surface area contributed by atoms with E-state index in [2.05, 4.69) is 91.0 Å². The molecule has 0 saturated heterocycles. The molecule has 0 fully saturated rings. The van der Waals surface area contributed by atoms with Crippen LogP contribution < -0.4 is 47.5 Å². The van der Waals surface area contributed by atoms with Gasteiger partial charge >= 0.3 is 0 Å². The van der Waals surface area contributed by atoms with Gasteiger partial charge in [-0.15, -0.1) is 21.9 Å². The van der Waals surface area contributed by atoms with Crippen molar-refractivity contribution in [3.05, 3.63) is 184 Å². The summed E-state index contributed by atoms with van der Waals surface area (Å²) in [5, 5.41) is -10.7. The third-order valence-corrected chi connectivity index (χ3v) is 41.9. The lowest BCUT2D eigenvalue weighted by molar-refractivity contribution is -0.681. The van der Waals surface area contributed by atoms with Crippen molar-refractivity contribution >= 4 is 98.1 Å². The molecular weight excluding hydrogens is 1230 g/mol. The van der Waals surface area contributed by atoms with Crippen molar-refractivity contribution in [1.29, 1.82) is 0 Å². The molecule has 0 atom stereocenters. The van der Waals surface area contributed by atoms with Gasteiger partial charge in [0.15, 0.2) is 46.5 Å². The van der Waals surface area contributed by atoms with Gasteiger partial charge in [-0.2, -0.15) is 0 Å². The molecule has 0 saturated carbocycles. The van der Waals surface area contributed by atoms with Gasteiger partial charge < -0.3 is 0 Å².